The Bertz CT molecular complexity index is 3480. The molecular weight excluding hydrogens is 663 g/mol. The van der Waals surface area contributed by atoms with Crippen LogP contribution in [-0.4, -0.2) is 4.57 Å². The van der Waals surface area contributed by atoms with Gasteiger partial charge in [-0.2, -0.15) is 0 Å². The molecule has 0 N–H and O–H groups in total. The van der Waals surface area contributed by atoms with E-state index in [4.69, 9.17) is 0 Å². The Labute approximate surface area is 317 Å². The lowest BCUT2D eigenvalue weighted by Crippen LogP contribution is -1.96. The van der Waals surface area contributed by atoms with Gasteiger partial charge in [0.25, 0.3) is 0 Å². The van der Waals surface area contributed by atoms with Crippen molar-refractivity contribution in [2.24, 2.45) is 0 Å². The van der Waals surface area contributed by atoms with E-state index in [0.717, 1.165) is 0 Å². The first kappa shape index (κ1) is 30.3. The number of aromatic nitrogens is 1. The first-order valence-corrected chi connectivity index (χ1v) is 19.1. The molecule has 12 aromatic rings. The van der Waals surface area contributed by atoms with Crippen molar-refractivity contribution >= 4 is 86.4 Å². The fourth-order valence-electron chi connectivity index (χ4n) is 9.56. The normalized spacial score (nSPS) is 12.0. The van der Waals surface area contributed by atoms with Crippen LogP contribution >= 0.6 is 0 Å². The van der Waals surface area contributed by atoms with Gasteiger partial charge in [-0.25, -0.2) is 0 Å². The molecule has 11 aromatic carbocycles. The third kappa shape index (κ3) is 4.35. The minimum atomic E-state index is 1.20. The molecule has 0 radical (unpaired) electrons. The van der Waals surface area contributed by atoms with Gasteiger partial charge < -0.3 is 4.57 Å². The Morgan fingerprint density at radius 1 is 0.236 bits per heavy atom. The minimum absolute atomic E-state index is 1.20. The lowest BCUT2D eigenvalue weighted by atomic mass is 9.85. The van der Waals surface area contributed by atoms with Crippen LogP contribution in [0.3, 0.4) is 0 Å². The van der Waals surface area contributed by atoms with Crippen molar-refractivity contribution in [3.05, 3.63) is 200 Å². The van der Waals surface area contributed by atoms with Crippen molar-refractivity contribution in [2.75, 3.05) is 0 Å². The van der Waals surface area contributed by atoms with Gasteiger partial charge >= 0.3 is 0 Å². The number of hydrogen-bond donors (Lipinski definition) is 0. The predicted molar refractivity (Wildman–Crippen MR) is 237 cm³/mol. The molecule has 1 heterocycles. The summed E-state index contributed by atoms with van der Waals surface area (Å²) in [4.78, 5) is 0. The summed E-state index contributed by atoms with van der Waals surface area (Å²) in [6.45, 7) is 0. The minimum Gasteiger partial charge on any atom is -0.309 e. The number of benzene rings is 11. The topological polar surface area (TPSA) is 4.93 Å². The van der Waals surface area contributed by atoms with Gasteiger partial charge in [0, 0.05) is 16.2 Å². The van der Waals surface area contributed by atoms with E-state index >= 15 is 0 Å². The average molecular weight is 696 g/mol. The predicted octanol–water partition coefficient (Wildman–Crippen LogP) is 15.0. The molecule has 0 unspecified atom stereocenters. The highest BCUT2D eigenvalue weighted by Crippen LogP contribution is 2.46. The Kier molecular flexibility index (Phi) is 6.40. The quantitative estimate of drug-likeness (QED) is 0.162. The lowest BCUT2D eigenvalue weighted by Gasteiger charge is -2.18. The molecule has 0 fully saturated rings. The van der Waals surface area contributed by atoms with E-state index in [0.29, 0.717) is 0 Å². The number of fused-ring (bicyclic) bond motifs is 15. The maximum atomic E-state index is 2.44. The molecule has 0 aliphatic rings. The highest BCUT2D eigenvalue weighted by Gasteiger charge is 2.19. The Balaban J connectivity index is 1.13. The summed E-state index contributed by atoms with van der Waals surface area (Å²) in [6.07, 6.45) is 0. The van der Waals surface area contributed by atoms with Gasteiger partial charge in [0.2, 0.25) is 0 Å². The molecule has 1 nitrogen and oxygen atoms in total. The molecule has 0 amide bonds. The van der Waals surface area contributed by atoms with E-state index in [1.165, 1.54) is 114 Å². The van der Waals surface area contributed by atoms with E-state index in [-0.39, 0.29) is 0 Å². The standard InChI is InChI=1S/C54H33N/c1-2-14-34(15-3-1)35-26-28-46-48(32-35)39-17-5-8-22-44(39)54-47-29-27-36(33-49(47)40-18-6-9-23-45(40)53(46)54)37-30-31-52(41-19-7-4-16-38(37)41)55-50-24-12-10-20-42(50)43-21-11-13-25-51(43)55/h1-33H. The Hall–Kier alpha value is -7.22. The van der Waals surface area contributed by atoms with Gasteiger partial charge in [0.1, 0.15) is 0 Å². The van der Waals surface area contributed by atoms with Crippen molar-refractivity contribution in [2.45, 2.75) is 0 Å². The van der Waals surface area contributed by atoms with Gasteiger partial charge in [-0.3, -0.25) is 0 Å². The first-order valence-electron chi connectivity index (χ1n) is 19.1. The SMILES string of the molecule is c1ccc(-c2ccc3c(c2)c2ccccc2c2c4ccc(-c5ccc(-n6c7ccccc7c7ccccc76)c6ccccc56)cc4c4ccccc4c32)cc1. The van der Waals surface area contributed by atoms with Crippen LogP contribution in [0, 0.1) is 0 Å². The Morgan fingerprint density at radius 2 is 0.673 bits per heavy atom. The maximum absolute atomic E-state index is 2.44. The van der Waals surface area contributed by atoms with E-state index in [1.54, 1.807) is 0 Å². The molecule has 0 aliphatic carbocycles. The van der Waals surface area contributed by atoms with Crippen molar-refractivity contribution in [3.63, 3.8) is 0 Å². The molecule has 0 atom stereocenters. The van der Waals surface area contributed by atoms with Gasteiger partial charge in [-0.15, -0.1) is 0 Å². The van der Waals surface area contributed by atoms with Crippen molar-refractivity contribution < 1.29 is 0 Å². The smallest absolute Gasteiger partial charge is 0.0541 e. The zero-order valence-electron chi connectivity index (χ0n) is 30.0. The van der Waals surface area contributed by atoms with Crippen molar-refractivity contribution in [1.29, 1.82) is 0 Å². The van der Waals surface area contributed by atoms with Crippen LogP contribution in [0.15, 0.2) is 200 Å². The fraction of sp³-hybridized carbons (Fsp3) is 0. The summed E-state index contributed by atoms with van der Waals surface area (Å²) in [6, 6.07) is 74.0. The zero-order valence-corrected chi connectivity index (χ0v) is 30.0. The molecule has 0 bridgehead atoms. The third-order valence-corrected chi connectivity index (χ3v) is 11.9. The number of para-hydroxylation sites is 2. The molecule has 55 heavy (non-hydrogen) atoms. The molecular formula is C54H33N. The molecule has 0 saturated carbocycles. The highest BCUT2D eigenvalue weighted by atomic mass is 15.0. The maximum Gasteiger partial charge on any atom is 0.0541 e. The molecule has 12 rings (SSSR count). The number of nitrogens with zero attached hydrogens (tertiary/aromatic N) is 1. The van der Waals surface area contributed by atoms with E-state index in [2.05, 4.69) is 205 Å². The summed E-state index contributed by atoms with van der Waals surface area (Å²) in [5.74, 6) is 0. The van der Waals surface area contributed by atoms with Crippen LogP contribution in [0.1, 0.15) is 0 Å². The van der Waals surface area contributed by atoms with Crippen molar-refractivity contribution in [3.8, 4) is 27.9 Å². The lowest BCUT2D eigenvalue weighted by molar-refractivity contribution is 1.20. The average Bonchev–Trinajstić information content (AvgIpc) is 3.60. The summed E-state index contributed by atoms with van der Waals surface area (Å²) < 4.78 is 2.44. The molecule has 0 saturated heterocycles. The molecule has 1 aromatic heterocycles. The van der Waals surface area contributed by atoms with E-state index < -0.39 is 0 Å². The van der Waals surface area contributed by atoms with E-state index in [9.17, 15) is 0 Å². The Morgan fingerprint density at radius 3 is 1.27 bits per heavy atom. The molecule has 254 valence electrons. The molecule has 0 spiro atoms. The van der Waals surface area contributed by atoms with Crippen LogP contribution in [0.4, 0.5) is 0 Å². The second-order valence-corrected chi connectivity index (χ2v) is 14.8. The van der Waals surface area contributed by atoms with Crippen LogP contribution in [-0.2, 0) is 0 Å². The van der Waals surface area contributed by atoms with Gasteiger partial charge in [0.15, 0.2) is 0 Å². The third-order valence-electron chi connectivity index (χ3n) is 11.9. The first-order chi connectivity index (χ1) is 27.3. The molecule has 0 aliphatic heterocycles. The van der Waals surface area contributed by atoms with Crippen molar-refractivity contribution in [1.82, 2.24) is 4.57 Å². The number of hydrogen-bond acceptors (Lipinski definition) is 0. The second-order valence-electron chi connectivity index (χ2n) is 14.8. The van der Waals surface area contributed by atoms with Gasteiger partial charge in [0.05, 0.1) is 16.7 Å². The summed E-state index contributed by atoms with van der Waals surface area (Å²) in [5.41, 5.74) is 8.58. The summed E-state index contributed by atoms with van der Waals surface area (Å²) in [5, 5.41) is 18.0. The van der Waals surface area contributed by atoms with Crippen LogP contribution in [0.25, 0.3) is 114 Å². The van der Waals surface area contributed by atoms with Crippen LogP contribution in [0.2, 0.25) is 0 Å². The van der Waals surface area contributed by atoms with Crippen LogP contribution < -0.4 is 0 Å². The largest absolute Gasteiger partial charge is 0.309 e. The van der Waals surface area contributed by atoms with E-state index in [1.807, 2.05) is 0 Å². The summed E-state index contributed by atoms with van der Waals surface area (Å²) in [7, 11) is 0. The zero-order chi connectivity index (χ0) is 36.0. The van der Waals surface area contributed by atoms with Crippen LogP contribution in [0.5, 0.6) is 0 Å². The second kappa shape index (κ2) is 11.6. The summed E-state index contributed by atoms with van der Waals surface area (Å²) >= 11 is 0. The number of rotatable bonds is 3. The van der Waals surface area contributed by atoms with Gasteiger partial charge in [-0.1, -0.05) is 170 Å². The fourth-order valence-corrected chi connectivity index (χ4v) is 9.56. The molecule has 1 heteroatoms. The highest BCUT2D eigenvalue weighted by molar-refractivity contribution is 6.39. The monoisotopic (exact) mass is 695 g/mol. The van der Waals surface area contributed by atoms with Gasteiger partial charge in [-0.05, 0) is 112 Å².